The van der Waals surface area contributed by atoms with Gasteiger partial charge in [-0.2, -0.15) is 0 Å². The number of carbonyl (C=O) groups excluding carboxylic acids is 1. The van der Waals surface area contributed by atoms with E-state index in [-0.39, 0.29) is 17.3 Å². The fourth-order valence-corrected chi connectivity index (χ4v) is 2.37. The molecule has 5 nitrogen and oxygen atoms in total. The average molecular weight is 276 g/mol. The molecule has 1 atom stereocenters. The number of amides is 1. The van der Waals surface area contributed by atoms with Crippen molar-refractivity contribution in [1.29, 1.82) is 0 Å². The summed E-state index contributed by atoms with van der Waals surface area (Å²) in [7, 11) is 0. The predicted octanol–water partition coefficient (Wildman–Crippen LogP) is 2.33. The molecule has 0 fully saturated rings. The SMILES string of the molecule is C[C@@H](NC(=O)c1ncccc1C(=O)O)c1cccs1. The zero-order chi connectivity index (χ0) is 13.8. The number of thiophene rings is 1. The molecule has 0 radical (unpaired) electrons. The summed E-state index contributed by atoms with van der Waals surface area (Å²) in [5.74, 6) is -1.65. The smallest absolute Gasteiger partial charge is 0.338 e. The van der Waals surface area contributed by atoms with Gasteiger partial charge in [0.25, 0.3) is 5.91 Å². The lowest BCUT2D eigenvalue weighted by atomic mass is 10.1. The molecule has 0 saturated heterocycles. The number of aromatic carboxylic acids is 1. The number of carbonyl (C=O) groups is 2. The Morgan fingerprint density at radius 1 is 1.37 bits per heavy atom. The van der Waals surface area contributed by atoms with Crippen LogP contribution in [0.2, 0.25) is 0 Å². The van der Waals surface area contributed by atoms with Crippen molar-refractivity contribution < 1.29 is 14.7 Å². The quantitative estimate of drug-likeness (QED) is 0.898. The van der Waals surface area contributed by atoms with Gasteiger partial charge in [-0.15, -0.1) is 11.3 Å². The summed E-state index contributed by atoms with van der Waals surface area (Å²) in [5, 5.41) is 13.7. The molecule has 0 spiro atoms. The minimum Gasteiger partial charge on any atom is -0.478 e. The minimum absolute atomic E-state index is 0.0709. The molecular weight excluding hydrogens is 264 g/mol. The number of rotatable bonds is 4. The summed E-state index contributed by atoms with van der Waals surface area (Å²) in [6.07, 6.45) is 1.40. The molecule has 0 aliphatic carbocycles. The summed E-state index contributed by atoms with van der Waals surface area (Å²) < 4.78 is 0. The second-order valence-corrected chi connectivity index (χ2v) is 4.89. The molecule has 0 unspecified atom stereocenters. The van der Waals surface area contributed by atoms with Crippen molar-refractivity contribution in [2.75, 3.05) is 0 Å². The lowest BCUT2D eigenvalue weighted by molar-refractivity contribution is 0.0689. The van der Waals surface area contributed by atoms with Gasteiger partial charge in [-0.25, -0.2) is 4.79 Å². The van der Waals surface area contributed by atoms with Crippen LogP contribution in [0.3, 0.4) is 0 Å². The first-order chi connectivity index (χ1) is 9.09. The summed E-state index contributed by atoms with van der Waals surface area (Å²) in [6.45, 7) is 1.84. The number of hydrogen-bond donors (Lipinski definition) is 2. The van der Waals surface area contributed by atoms with Crippen LogP contribution in [-0.2, 0) is 0 Å². The standard InChI is InChI=1S/C13H12N2O3S/c1-8(10-5-3-7-19-10)15-12(16)11-9(13(17)18)4-2-6-14-11/h2-8H,1H3,(H,15,16)(H,17,18)/t8-/m1/s1. The first-order valence-corrected chi connectivity index (χ1v) is 6.50. The van der Waals surface area contributed by atoms with Crippen LogP contribution >= 0.6 is 11.3 Å². The Bertz CT molecular complexity index is 596. The summed E-state index contributed by atoms with van der Waals surface area (Å²) in [4.78, 5) is 27.9. The molecule has 2 N–H and O–H groups in total. The molecule has 0 aliphatic heterocycles. The maximum Gasteiger partial charge on any atom is 0.338 e. The summed E-state index contributed by atoms with van der Waals surface area (Å²) in [6, 6.07) is 6.47. The lowest BCUT2D eigenvalue weighted by Gasteiger charge is -2.12. The van der Waals surface area contributed by atoms with E-state index >= 15 is 0 Å². The summed E-state index contributed by atoms with van der Waals surface area (Å²) in [5.41, 5.74) is -0.170. The third kappa shape index (κ3) is 2.97. The maximum absolute atomic E-state index is 12.0. The van der Waals surface area contributed by atoms with Crippen LogP contribution in [0.5, 0.6) is 0 Å². The van der Waals surface area contributed by atoms with E-state index in [0.717, 1.165) is 4.88 Å². The maximum atomic E-state index is 12.0. The van der Waals surface area contributed by atoms with Crippen molar-refractivity contribution in [3.8, 4) is 0 Å². The van der Waals surface area contributed by atoms with E-state index in [0.29, 0.717) is 0 Å². The molecule has 0 aromatic carbocycles. The van der Waals surface area contributed by atoms with Gasteiger partial charge >= 0.3 is 5.97 Å². The van der Waals surface area contributed by atoms with Crippen LogP contribution in [0.25, 0.3) is 0 Å². The molecule has 2 aromatic heterocycles. The van der Waals surface area contributed by atoms with Crippen molar-refractivity contribution in [2.45, 2.75) is 13.0 Å². The molecule has 98 valence electrons. The van der Waals surface area contributed by atoms with Crippen LogP contribution in [0.15, 0.2) is 35.8 Å². The minimum atomic E-state index is -1.16. The number of nitrogens with zero attached hydrogens (tertiary/aromatic N) is 1. The van der Waals surface area contributed by atoms with Crippen LogP contribution in [0.4, 0.5) is 0 Å². The number of hydrogen-bond acceptors (Lipinski definition) is 4. The van der Waals surface area contributed by atoms with Gasteiger partial charge in [0.2, 0.25) is 0 Å². The Kier molecular flexibility index (Phi) is 3.91. The Morgan fingerprint density at radius 2 is 2.16 bits per heavy atom. The number of carboxylic acid groups (broad SMARTS) is 1. The van der Waals surface area contributed by atoms with Crippen molar-refractivity contribution in [3.05, 3.63) is 52.0 Å². The molecule has 1 amide bonds. The van der Waals surface area contributed by atoms with E-state index in [1.54, 1.807) is 0 Å². The van der Waals surface area contributed by atoms with Crippen molar-refractivity contribution >= 4 is 23.2 Å². The van der Waals surface area contributed by atoms with Gasteiger partial charge in [-0.3, -0.25) is 9.78 Å². The van der Waals surface area contributed by atoms with E-state index in [9.17, 15) is 9.59 Å². The number of aromatic nitrogens is 1. The predicted molar refractivity (Wildman–Crippen MR) is 71.4 cm³/mol. The third-order valence-corrected chi connectivity index (χ3v) is 3.63. The average Bonchev–Trinajstić information content (AvgIpc) is 2.92. The largest absolute Gasteiger partial charge is 0.478 e. The van der Waals surface area contributed by atoms with Gasteiger partial charge in [-0.05, 0) is 30.5 Å². The molecule has 19 heavy (non-hydrogen) atoms. The highest BCUT2D eigenvalue weighted by Crippen LogP contribution is 2.18. The van der Waals surface area contributed by atoms with Crippen LogP contribution < -0.4 is 5.32 Å². The zero-order valence-electron chi connectivity index (χ0n) is 10.2. The number of pyridine rings is 1. The normalized spacial score (nSPS) is 11.8. The third-order valence-electron chi connectivity index (χ3n) is 2.57. The van der Waals surface area contributed by atoms with E-state index in [4.69, 9.17) is 5.11 Å². The lowest BCUT2D eigenvalue weighted by Crippen LogP contribution is -2.28. The van der Waals surface area contributed by atoms with Gasteiger partial charge in [-0.1, -0.05) is 6.07 Å². The highest BCUT2D eigenvalue weighted by molar-refractivity contribution is 7.10. The first-order valence-electron chi connectivity index (χ1n) is 5.62. The first kappa shape index (κ1) is 13.2. The zero-order valence-corrected chi connectivity index (χ0v) is 11.0. The monoisotopic (exact) mass is 276 g/mol. The van der Waals surface area contributed by atoms with Crippen molar-refractivity contribution in [1.82, 2.24) is 10.3 Å². The van der Waals surface area contributed by atoms with E-state index in [1.807, 2.05) is 24.4 Å². The molecular formula is C13H12N2O3S. The van der Waals surface area contributed by atoms with E-state index in [1.165, 1.54) is 29.7 Å². The Balaban J connectivity index is 2.19. The highest BCUT2D eigenvalue weighted by atomic mass is 32.1. The summed E-state index contributed by atoms with van der Waals surface area (Å²) >= 11 is 1.53. The molecule has 2 heterocycles. The van der Waals surface area contributed by atoms with Gasteiger partial charge in [0, 0.05) is 11.1 Å². The molecule has 0 saturated carbocycles. The fraction of sp³-hybridized carbons (Fsp3) is 0.154. The molecule has 2 aromatic rings. The molecule has 0 bridgehead atoms. The van der Waals surface area contributed by atoms with E-state index < -0.39 is 11.9 Å². The van der Waals surface area contributed by atoms with Gasteiger partial charge in [0.15, 0.2) is 0 Å². The topological polar surface area (TPSA) is 79.3 Å². The fourth-order valence-electron chi connectivity index (χ4n) is 1.63. The Labute approximate surface area is 113 Å². The Hall–Kier alpha value is -2.21. The van der Waals surface area contributed by atoms with Crippen LogP contribution in [0, 0.1) is 0 Å². The second-order valence-electron chi connectivity index (χ2n) is 3.92. The molecule has 6 heteroatoms. The van der Waals surface area contributed by atoms with Gasteiger partial charge in [0.05, 0.1) is 11.6 Å². The van der Waals surface area contributed by atoms with Crippen LogP contribution in [-0.4, -0.2) is 22.0 Å². The van der Waals surface area contributed by atoms with E-state index in [2.05, 4.69) is 10.3 Å². The van der Waals surface area contributed by atoms with Gasteiger partial charge < -0.3 is 10.4 Å². The van der Waals surface area contributed by atoms with Crippen molar-refractivity contribution in [3.63, 3.8) is 0 Å². The van der Waals surface area contributed by atoms with Gasteiger partial charge in [0.1, 0.15) is 5.69 Å². The van der Waals surface area contributed by atoms with Crippen molar-refractivity contribution in [2.24, 2.45) is 0 Å². The molecule has 0 aliphatic rings. The Morgan fingerprint density at radius 3 is 2.79 bits per heavy atom. The number of carboxylic acids is 1. The molecule has 2 rings (SSSR count). The number of nitrogens with one attached hydrogen (secondary N) is 1. The highest BCUT2D eigenvalue weighted by Gasteiger charge is 2.19. The van der Waals surface area contributed by atoms with Crippen LogP contribution in [0.1, 0.15) is 38.7 Å². The second kappa shape index (κ2) is 5.62.